The first-order valence-electron chi connectivity index (χ1n) is 30.4. The van der Waals surface area contributed by atoms with Gasteiger partial charge >= 0.3 is 5.97 Å². The second-order valence-corrected chi connectivity index (χ2v) is 21.0. The zero-order valence-electron chi connectivity index (χ0n) is 45.4. The molecule has 398 valence electrons. The Kier molecular flexibility index (Phi) is 56.0. The number of hydrogen-bond acceptors (Lipinski definition) is 5. The maximum Gasteiger partial charge on any atom is 0.305 e. The van der Waals surface area contributed by atoms with Crippen molar-refractivity contribution >= 4 is 11.9 Å². The maximum absolute atomic E-state index is 12.5. The lowest BCUT2D eigenvalue weighted by atomic mass is 10.0. The molecule has 0 saturated heterocycles. The van der Waals surface area contributed by atoms with E-state index in [2.05, 4.69) is 31.3 Å². The maximum atomic E-state index is 12.5. The summed E-state index contributed by atoms with van der Waals surface area (Å²) in [6.45, 7) is 4.96. The van der Waals surface area contributed by atoms with Crippen LogP contribution in [0.3, 0.4) is 0 Å². The van der Waals surface area contributed by atoms with Crippen LogP contribution in [0.5, 0.6) is 0 Å². The molecule has 6 heteroatoms. The Balaban J connectivity index is 3.41. The molecule has 0 saturated carbocycles. The number of aliphatic hydroxyl groups excluding tert-OH is 2. The fourth-order valence-electron chi connectivity index (χ4n) is 9.64. The minimum atomic E-state index is -0.668. The lowest BCUT2D eigenvalue weighted by Gasteiger charge is -2.22. The van der Waals surface area contributed by atoms with Crippen LogP contribution in [0, 0.1) is 0 Å². The Morgan fingerprint density at radius 2 is 0.701 bits per heavy atom. The second-order valence-electron chi connectivity index (χ2n) is 21.0. The normalized spacial score (nSPS) is 12.6. The molecule has 0 aromatic heterocycles. The van der Waals surface area contributed by atoms with Crippen LogP contribution in [-0.2, 0) is 14.3 Å². The van der Waals surface area contributed by atoms with Crippen LogP contribution in [0.2, 0.25) is 0 Å². The molecule has 1 amide bonds. The van der Waals surface area contributed by atoms with Gasteiger partial charge in [0.1, 0.15) is 0 Å². The predicted octanol–water partition coefficient (Wildman–Crippen LogP) is 18.9. The summed E-state index contributed by atoms with van der Waals surface area (Å²) >= 11 is 0. The number of ether oxygens (including phenoxy) is 1. The molecule has 0 fully saturated rings. The van der Waals surface area contributed by atoms with Gasteiger partial charge in [-0.25, -0.2) is 0 Å². The van der Waals surface area contributed by atoms with Crippen molar-refractivity contribution in [1.82, 2.24) is 5.32 Å². The van der Waals surface area contributed by atoms with Gasteiger partial charge in [0.25, 0.3) is 0 Å². The second kappa shape index (κ2) is 57.2. The van der Waals surface area contributed by atoms with Crippen molar-refractivity contribution in [3.05, 3.63) is 12.2 Å². The van der Waals surface area contributed by atoms with Gasteiger partial charge in [-0.05, 0) is 51.4 Å². The molecule has 3 N–H and O–H groups in total. The third-order valence-corrected chi connectivity index (χ3v) is 14.3. The van der Waals surface area contributed by atoms with E-state index in [-0.39, 0.29) is 18.5 Å². The molecule has 0 aliphatic carbocycles. The van der Waals surface area contributed by atoms with Gasteiger partial charge in [-0.15, -0.1) is 0 Å². The minimum Gasteiger partial charge on any atom is -0.466 e. The Morgan fingerprint density at radius 3 is 1.06 bits per heavy atom. The number of carbonyl (C=O) groups excluding carboxylic acids is 2. The van der Waals surface area contributed by atoms with Gasteiger partial charge in [-0.3, -0.25) is 9.59 Å². The topological polar surface area (TPSA) is 95.9 Å². The molecule has 0 aromatic carbocycles. The van der Waals surface area contributed by atoms with Crippen molar-refractivity contribution in [2.45, 2.75) is 353 Å². The van der Waals surface area contributed by atoms with Crippen LogP contribution in [0.15, 0.2) is 12.2 Å². The van der Waals surface area contributed by atoms with Gasteiger partial charge in [-0.1, -0.05) is 289 Å². The van der Waals surface area contributed by atoms with Gasteiger partial charge in [0.05, 0.1) is 25.4 Å². The Hall–Kier alpha value is -1.40. The quantitative estimate of drug-likeness (QED) is 0.0321. The molecule has 0 aliphatic rings. The van der Waals surface area contributed by atoms with Gasteiger partial charge in [0.15, 0.2) is 0 Å². The third-order valence-electron chi connectivity index (χ3n) is 14.3. The highest BCUT2D eigenvalue weighted by Crippen LogP contribution is 2.18. The number of nitrogens with one attached hydrogen (secondary N) is 1. The summed E-state index contributed by atoms with van der Waals surface area (Å²) in [6.07, 6.45) is 67.8. The fourth-order valence-corrected chi connectivity index (χ4v) is 9.64. The van der Waals surface area contributed by atoms with E-state index in [0.717, 1.165) is 44.9 Å². The number of allylic oxidation sites excluding steroid dienone is 2. The smallest absolute Gasteiger partial charge is 0.305 e. The molecule has 0 aromatic rings. The van der Waals surface area contributed by atoms with Crippen molar-refractivity contribution < 1.29 is 24.5 Å². The highest BCUT2D eigenvalue weighted by Gasteiger charge is 2.20. The predicted molar refractivity (Wildman–Crippen MR) is 292 cm³/mol. The largest absolute Gasteiger partial charge is 0.466 e. The average molecular weight is 947 g/mol. The van der Waals surface area contributed by atoms with Gasteiger partial charge in [-0.2, -0.15) is 0 Å². The summed E-state index contributed by atoms with van der Waals surface area (Å²) in [6, 6.07) is -0.546. The van der Waals surface area contributed by atoms with E-state index in [1.54, 1.807) is 0 Å². The van der Waals surface area contributed by atoms with Crippen molar-refractivity contribution in [2.24, 2.45) is 0 Å². The molecule has 0 rings (SSSR count). The minimum absolute atomic E-state index is 0.00225. The van der Waals surface area contributed by atoms with Crippen LogP contribution < -0.4 is 5.32 Å². The van der Waals surface area contributed by atoms with Crippen molar-refractivity contribution in [3.8, 4) is 0 Å². The lowest BCUT2D eigenvalue weighted by molar-refractivity contribution is -0.143. The molecule has 2 atom stereocenters. The molecule has 6 nitrogen and oxygen atoms in total. The number of unbranched alkanes of at least 4 members (excludes halogenated alkanes) is 44. The van der Waals surface area contributed by atoms with E-state index in [1.807, 2.05) is 0 Å². The van der Waals surface area contributed by atoms with Crippen LogP contribution >= 0.6 is 0 Å². The van der Waals surface area contributed by atoms with Crippen molar-refractivity contribution in [3.63, 3.8) is 0 Å². The molecule has 0 bridgehead atoms. The number of esters is 1. The summed E-state index contributed by atoms with van der Waals surface area (Å²) in [5.41, 5.74) is 0. The molecule has 0 radical (unpaired) electrons. The summed E-state index contributed by atoms with van der Waals surface area (Å²) in [4.78, 5) is 24.5. The van der Waals surface area contributed by atoms with Crippen LogP contribution in [0.4, 0.5) is 0 Å². The molecule has 0 spiro atoms. The Labute approximate surface area is 419 Å². The van der Waals surface area contributed by atoms with E-state index >= 15 is 0 Å². The SMILES string of the molecule is CCCCCCC/C=C\CCCCCCCC(=O)OCCCCCCCCCCCCCCCCCCCC(=O)NC(CO)C(O)CCCCCCCCCCCCCCCCCCCCC. The van der Waals surface area contributed by atoms with Crippen LogP contribution in [0.1, 0.15) is 341 Å². The summed E-state index contributed by atoms with van der Waals surface area (Å²) < 4.78 is 5.47. The lowest BCUT2D eigenvalue weighted by Crippen LogP contribution is -2.45. The number of amides is 1. The highest BCUT2D eigenvalue weighted by molar-refractivity contribution is 5.76. The first-order valence-corrected chi connectivity index (χ1v) is 30.4. The zero-order valence-corrected chi connectivity index (χ0v) is 45.4. The Bertz CT molecular complexity index is 1000. The summed E-state index contributed by atoms with van der Waals surface area (Å²) in [7, 11) is 0. The van der Waals surface area contributed by atoms with E-state index in [0.29, 0.717) is 25.9 Å². The van der Waals surface area contributed by atoms with Crippen LogP contribution in [0.25, 0.3) is 0 Å². The van der Waals surface area contributed by atoms with Crippen molar-refractivity contribution in [1.29, 1.82) is 0 Å². The number of rotatable bonds is 57. The molecular weight excluding hydrogens is 827 g/mol. The van der Waals surface area contributed by atoms with E-state index in [4.69, 9.17) is 4.74 Å². The number of carbonyl (C=O) groups is 2. The van der Waals surface area contributed by atoms with E-state index in [9.17, 15) is 19.8 Å². The molecular formula is C61H119NO5. The van der Waals surface area contributed by atoms with Gasteiger partial charge < -0.3 is 20.3 Å². The van der Waals surface area contributed by atoms with Crippen LogP contribution in [-0.4, -0.2) is 47.4 Å². The fraction of sp³-hybridized carbons (Fsp3) is 0.934. The number of aliphatic hydroxyl groups is 2. The molecule has 67 heavy (non-hydrogen) atoms. The molecule has 0 aliphatic heterocycles. The molecule has 2 unspecified atom stereocenters. The molecule has 0 heterocycles. The third kappa shape index (κ3) is 53.8. The first kappa shape index (κ1) is 65.6. The average Bonchev–Trinajstić information content (AvgIpc) is 3.33. The van der Waals surface area contributed by atoms with E-state index < -0.39 is 12.1 Å². The summed E-state index contributed by atoms with van der Waals surface area (Å²) in [5, 5.41) is 23.3. The standard InChI is InChI=1S/C61H119NO5/c1-3-5-7-9-11-13-15-17-19-20-21-23-26-29-33-37-41-45-49-53-59(64)58(57-63)62-60(65)54-50-46-42-38-34-30-27-24-22-25-28-32-36-40-44-48-52-56-67-61(66)55-51-47-43-39-35-31-18-16-14-12-10-8-6-4-2/h16,18,58-59,63-64H,3-15,17,19-57H2,1-2H3,(H,62,65)/b18-16-. The van der Waals surface area contributed by atoms with Gasteiger partial charge in [0.2, 0.25) is 5.91 Å². The number of hydrogen-bond donors (Lipinski definition) is 3. The summed E-state index contributed by atoms with van der Waals surface area (Å²) in [5.74, 6) is -0.0393. The van der Waals surface area contributed by atoms with Crippen molar-refractivity contribution in [2.75, 3.05) is 13.2 Å². The zero-order chi connectivity index (χ0) is 48.6. The Morgan fingerprint density at radius 1 is 0.403 bits per heavy atom. The first-order chi connectivity index (χ1) is 33.0. The van der Waals surface area contributed by atoms with E-state index in [1.165, 1.54) is 263 Å². The highest BCUT2D eigenvalue weighted by atomic mass is 16.5. The van der Waals surface area contributed by atoms with Gasteiger partial charge in [0, 0.05) is 12.8 Å². The monoisotopic (exact) mass is 946 g/mol.